The van der Waals surface area contributed by atoms with Gasteiger partial charge in [0.05, 0.1) is 30.6 Å². The van der Waals surface area contributed by atoms with E-state index in [9.17, 15) is 9.59 Å². The summed E-state index contributed by atoms with van der Waals surface area (Å²) in [5.74, 6) is 0.566. The van der Waals surface area contributed by atoms with Crippen LogP contribution >= 0.6 is 0 Å². The van der Waals surface area contributed by atoms with Crippen LogP contribution in [-0.4, -0.2) is 58.7 Å². The molecule has 4 heterocycles. The van der Waals surface area contributed by atoms with E-state index in [2.05, 4.69) is 22.3 Å². The van der Waals surface area contributed by atoms with E-state index < -0.39 is 5.41 Å². The summed E-state index contributed by atoms with van der Waals surface area (Å²) in [5.41, 5.74) is 1.29. The largest absolute Gasteiger partial charge is 1.00 e. The van der Waals surface area contributed by atoms with Crippen molar-refractivity contribution < 1.29 is 35.8 Å². The molecule has 6 nitrogen and oxygen atoms in total. The Morgan fingerprint density at radius 3 is 2.34 bits per heavy atom. The Hall–Kier alpha value is -2.12. The van der Waals surface area contributed by atoms with Crippen molar-refractivity contribution in [3.63, 3.8) is 0 Å². The molecule has 0 spiro atoms. The maximum atomic E-state index is 13.9. The molecule has 4 aliphatic rings. The molecule has 0 unspecified atom stereocenters. The van der Waals surface area contributed by atoms with Crippen molar-refractivity contribution in [2.45, 2.75) is 69.3 Å². The number of hydrogen-bond donors (Lipinski definition) is 0. The quantitative estimate of drug-likeness (QED) is 0.297. The molecular weight excluding hydrogens is 506 g/mol. The average molecular weight is 543 g/mol. The number of aromatic nitrogens is 2. The summed E-state index contributed by atoms with van der Waals surface area (Å²) in [6.07, 6.45) is 10.1. The third kappa shape index (κ3) is 5.67. The van der Waals surface area contributed by atoms with Crippen LogP contribution in [0.2, 0.25) is 0 Å². The van der Waals surface area contributed by atoms with E-state index in [1.54, 1.807) is 6.20 Å². The Kier molecular flexibility index (Phi) is 8.38. The van der Waals surface area contributed by atoms with E-state index in [1.807, 2.05) is 30.3 Å². The van der Waals surface area contributed by atoms with Crippen LogP contribution in [0.25, 0.3) is 0 Å². The number of carbonyl (C=O) groups is 2. The van der Waals surface area contributed by atoms with Crippen LogP contribution in [0.5, 0.6) is 0 Å². The third-order valence-electron chi connectivity index (χ3n) is 8.49. The molecule has 2 bridgehead atoms. The number of quaternary nitrogens is 1. The first-order chi connectivity index (χ1) is 16.6. The summed E-state index contributed by atoms with van der Waals surface area (Å²) in [5, 5.41) is 7.97. The number of carbonyl (C=O) groups excluding carboxylic acids is 2. The van der Waals surface area contributed by atoms with Gasteiger partial charge in [-0.25, -0.2) is 0 Å². The molecule has 0 amide bonds. The van der Waals surface area contributed by atoms with Gasteiger partial charge in [0.1, 0.15) is 13.1 Å². The van der Waals surface area contributed by atoms with E-state index in [-0.39, 0.29) is 34.8 Å². The lowest BCUT2D eigenvalue weighted by molar-refractivity contribution is -0.939. The molecule has 0 radical (unpaired) electrons. The number of hydrogen-bond acceptors (Lipinski definition) is 5. The zero-order valence-corrected chi connectivity index (χ0v) is 22.0. The highest BCUT2D eigenvalue weighted by Gasteiger charge is 2.50. The van der Waals surface area contributed by atoms with Crippen LogP contribution in [0.4, 0.5) is 0 Å². The summed E-state index contributed by atoms with van der Waals surface area (Å²) in [6, 6.07) is 14.0. The van der Waals surface area contributed by atoms with Gasteiger partial charge in [-0.05, 0) is 30.5 Å². The molecule has 3 aliphatic heterocycles. The highest BCUT2D eigenvalue weighted by Crippen LogP contribution is 2.42. The maximum absolute atomic E-state index is 13.9. The van der Waals surface area contributed by atoms with Crippen molar-refractivity contribution >= 4 is 11.8 Å². The molecule has 188 valence electrons. The topological polar surface area (TPSA) is 69.2 Å². The SMILES string of the molecule is O=C(Cc1cccnn1)C[N+]12CCC(CC1)[C@@H](OC(=O)C1(c3ccccc3)CCCCCC1)C2.[Br-]. The van der Waals surface area contributed by atoms with E-state index in [0.717, 1.165) is 73.9 Å². The van der Waals surface area contributed by atoms with Gasteiger partial charge < -0.3 is 26.2 Å². The first kappa shape index (κ1) is 26.0. The molecular formula is C28H36BrN3O3. The molecule has 4 fully saturated rings. The number of benzene rings is 1. The Morgan fingerprint density at radius 1 is 0.971 bits per heavy atom. The van der Waals surface area contributed by atoms with Crippen LogP contribution < -0.4 is 17.0 Å². The van der Waals surface area contributed by atoms with Gasteiger partial charge in [-0.3, -0.25) is 9.59 Å². The Labute approximate surface area is 218 Å². The van der Waals surface area contributed by atoms with Crippen LogP contribution in [0.15, 0.2) is 48.7 Å². The summed E-state index contributed by atoms with van der Waals surface area (Å²) >= 11 is 0. The van der Waals surface area contributed by atoms with Crippen molar-refractivity contribution in [2.75, 3.05) is 26.2 Å². The first-order valence-corrected chi connectivity index (χ1v) is 13.0. The second-order valence-electron chi connectivity index (χ2n) is 10.7. The molecule has 35 heavy (non-hydrogen) atoms. The Balaban J connectivity index is 0.00000289. The Bertz CT molecular complexity index is 985. The fourth-order valence-electron chi connectivity index (χ4n) is 6.59. The summed E-state index contributed by atoms with van der Waals surface area (Å²) in [7, 11) is 0. The van der Waals surface area contributed by atoms with Crippen LogP contribution in [0.3, 0.4) is 0 Å². The standard InChI is InChI=1S/C28H36N3O3.BrH/c32-25(19-24-11-8-16-29-30-24)20-31-17-12-22(13-18-31)26(21-31)34-27(33)28(14-6-1-2-7-15-28)23-9-4-3-5-10-23;/h3-5,8-11,16,22,26H,1-2,6-7,12-15,17-21H2;1H/q+1;/p-1/t22?,26-,31?;/m0./s1. The third-order valence-corrected chi connectivity index (χ3v) is 8.49. The zero-order chi connectivity index (χ0) is 23.4. The zero-order valence-electron chi connectivity index (χ0n) is 20.4. The van der Waals surface area contributed by atoms with E-state index in [1.165, 1.54) is 12.8 Å². The lowest BCUT2D eigenvalue weighted by Crippen LogP contribution is -3.00. The molecule has 7 heteroatoms. The van der Waals surface area contributed by atoms with Gasteiger partial charge in [-0.15, -0.1) is 0 Å². The average Bonchev–Trinajstić information content (AvgIpc) is 3.13. The molecule has 1 aromatic carbocycles. The van der Waals surface area contributed by atoms with Crippen LogP contribution in [0, 0.1) is 5.92 Å². The number of ketones is 1. The predicted octanol–water partition coefficient (Wildman–Crippen LogP) is 1.04. The van der Waals surface area contributed by atoms with Gasteiger partial charge in [0.25, 0.3) is 0 Å². The van der Waals surface area contributed by atoms with E-state index in [4.69, 9.17) is 4.74 Å². The van der Waals surface area contributed by atoms with Crippen LogP contribution in [-0.2, 0) is 26.2 Å². The van der Waals surface area contributed by atoms with Gasteiger partial charge in [0.2, 0.25) is 0 Å². The number of nitrogens with zero attached hydrogens (tertiary/aromatic N) is 3. The molecule has 2 aromatic rings. The minimum Gasteiger partial charge on any atom is -1.00 e. The summed E-state index contributed by atoms with van der Waals surface area (Å²) in [6.45, 7) is 3.23. The monoisotopic (exact) mass is 541 g/mol. The fourth-order valence-corrected chi connectivity index (χ4v) is 6.59. The first-order valence-electron chi connectivity index (χ1n) is 13.0. The summed E-state index contributed by atoms with van der Waals surface area (Å²) < 4.78 is 7.16. The molecule has 1 atom stereocenters. The molecule has 1 saturated carbocycles. The number of fused-ring (bicyclic) bond motifs is 3. The van der Waals surface area contributed by atoms with Crippen LogP contribution in [0.1, 0.15) is 62.6 Å². The highest BCUT2D eigenvalue weighted by atomic mass is 79.9. The molecule has 0 N–H and O–H groups in total. The minimum atomic E-state index is -0.531. The fraction of sp³-hybridized carbons (Fsp3) is 0.571. The van der Waals surface area contributed by atoms with Crippen molar-refractivity contribution in [1.29, 1.82) is 0 Å². The second-order valence-corrected chi connectivity index (χ2v) is 10.7. The molecule has 6 rings (SSSR count). The number of esters is 1. The highest BCUT2D eigenvalue weighted by molar-refractivity contribution is 5.83. The number of piperidine rings is 3. The number of Topliss-reactive ketones (excluding diaryl/α,β-unsaturated/α-hetero) is 1. The molecule has 1 aromatic heterocycles. The van der Waals surface area contributed by atoms with Crippen molar-refractivity contribution in [1.82, 2.24) is 10.2 Å². The lowest BCUT2D eigenvalue weighted by Gasteiger charge is -2.52. The van der Waals surface area contributed by atoms with Crippen molar-refractivity contribution in [2.24, 2.45) is 5.92 Å². The Morgan fingerprint density at radius 2 is 1.69 bits per heavy atom. The van der Waals surface area contributed by atoms with Gasteiger partial charge in [0.15, 0.2) is 11.9 Å². The van der Waals surface area contributed by atoms with Crippen molar-refractivity contribution in [3.05, 3.63) is 59.9 Å². The van der Waals surface area contributed by atoms with Gasteiger partial charge in [-0.1, -0.05) is 56.0 Å². The minimum absolute atomic E-state index is 0. The second kappa shape index (κ2) is 11.3. The predicted molar refractivity (Wildman–Crippen MR) is 129 cm³/mol. The number of rotatable bonds is 7. The molecule has 1 aliphatic carbocycles. The summed E-state index contributed by atoms with van der Waals surface area (Å²) in [4.78, 5) is 26.8. The van der Waals surface area contributed by atoms with Gasteiger partial charge in [-0.2, -0.15) is 10.2 Å². The van der Waals surface area contributed by atoms with E-state index in [0.29, 0.717) is 18.9 Å². The number of ether oxygens (including phenoxy) is 1. The smallest absolute Gasteiger partial charge is 0.317 e. The molecule has 3 saturated heterocycles. The van der Waals surface area contributed by atoms with Crippen molar-refractivity contribution in [3.8, 4) is 0 Å². The maximum Gasteiger partial charge on any atom is 0.317 e. The normalized spacial score (nSPS) is 27.3. The number of halogens is 1. The van der Waals surface area contributed by atoms with Gasteiger partial charge in [0, 0.05) is 25.0 Å². The lowest BCUT2D eigenvalue weighted by atomic mass is 9.74. The van der Waals surface area contributed by atoms with Gasteiger partial charge >= 0.3 is 5.97 Å². The van der Waals surface area contributed by atoms with E-state index >= 15 is 0 Å².